The summed E-state index contributed by atoms with van der Waals surface area (Å²) < 4.78 is 0. The lowest BCUT2D eigenvalue weighted by atomic mass is 10.2. The Morgan fingerprint density at radius 3 is 3.10 bits per heavy atom. The first-order valence-electron chi connectivity index (χ1n) is 3.80. The molecule has 1 heterocycles. The lowest BCUT2D eigenvalue weighted by Gasteiger charge is -2.14. The van der Waals surface area contributed by atoms with E-state index >= 15 is 0 Å². The molecule has 0 aromatic rings. The molecule has 0 spiro atoms. The van der Waals surface area contributed by atoms with Gasteiger partial charge in [-0.2, -0.15) is 11.8 Å². The van der Waals surface area contributed by atoms with Crippen molar-refractivity contribution in [1.29, 1.82) is 0 Å². The Bertz CT molecular complexity index is 114. The molecule has 0 aliphatic carbocycles. The number of rotatable bonds is 3. The molecule has 0 saturated carbocycles. The highest BCUT2D eigenvalue weighted by atomic mass is 32.2. The maximum atomic E-state index is 3.68. The molecular weight excluding hydrogens is 142 g/mol. The second-order valence-electron chi connectivity index (χ2n) is 2.67. The summed E-state index contributed by atoms with van der Waals surface area (Å²) in [7, 11) is 0. The van der Waals surface area contributed by atoms with Crippen LogP contribution in [0.25, 0.3) is 0 Å². The zero-order valence-corrected chi connectivity index (χ0v) is 7.29. The summed E-state index contributed by atoms with van der Waals surface area (Å²) in [5.41, 5.74) is 0. The molecule has 0 amide bonds. The highest BCUT2D eigenvalue weighted by molar-refractivity contribution is 8.00. The van der Waals surface area contributed by atoms with E-state index in [9.17, 15) is 0 Å². The summed E-state index contributed by atoms with van der Waals surface area (Å²) in [6, 6.07) is 0.725. The van der Waals surface area contributed by atoms with Crippen LogP contribution in [0.15, 0.2) is 12.7 Å². The molecule has 0 bridgehead atoms. The molecule has 1 rings (SSSR count). The van der Waals surface area contributed by atoms with Crippen LogP contribution in [-0.2, 0) is 0 Å². The van der Waals surface area contributed by atoms with Crippen LogP contribution in [0, 0.1) is 0 Å². The van der Waals surface area contributed by atoms with Crippen LogP contribution in [0.1, 0.15) is 13.3 Å². The van der Waals surface area contributed by atoms with Gasteiger partial charge in [0, 0.05) is 17.8 Å². The van der Waals surface area contributed by atoms with Gasteiger partial charge in [-0.3, -0.25) is 0 Å². The molecule has 2 heteroatoms. The zero-order chi connectivity index (χ0) is 7.40. The van der Waals surface area contributed by atoms with Crippen LogP contribution in [0.3, 0.4) is 0 Å². The predicted octanol–water partition coefficient (Wildman–Crippen LogP) is 1.66. The highest BCUT2D eigenvalue weighted by Crippen LogP contribution is 2.25. The molecule has 10 heavy (non-hydrogen) atoms. The summed E-state index contributed by atoms with van der Waals surface area (Å²) in [5.74, 6) is 1.32. The average Bonchev–Trinajstić information content (AvgIpc) is 2.31. The standard InChI is InChI=1S/C8H15NS/c1-3-5-9-8-4-6-10-7(8)2/h3,7-9H,1,4-6H2,2H3. The Morgan fingerprint density at radius 2 is 2.60 bits per heavy atom. The molecule has 1 aliphatic heterocycles. The third kappa shape index (κ3) is 2.03. The van der Waals surface area contributed by atoms with E-state index in [1.807, 2.05) is 6.08 Å². The average molecular weight is 157 g/mol. The van der Waals surface area contributed by atoms with Crippen LogP contribution < -0.4 is 5.32 Å². The number of hydrogen-bond donors (Lipinski definition) is 1. The molecule has 1 aliphatic rings. The van der Waals surface area contributed by atoms with Gasteiger partial charge in [0.25, 0.3) is 0 Å². The first kappa shape index (κ1) is 8.15. The van der Waals surface area contributed by atoms with E-state index in [1.165, 1.54) is 12.2 Å². The quantitative estimate of drug-likeness (QED) is 0.625. The van der Waals surface area contributed by atoms with E-state index in [0.717, 1.165) is 17.8 Å². The zero-order valence-electron chi connectivity index (χ0n) is 6.47. The second-order valence-corrected chi connectivity index (χ2v) is 4.15. The van der Waals surface area contributed by atoms with Crippen LogP contribution in [0.4, 0.5) is 0 Å². The first-order chi connectivity index (χ1) is 4.84. The predicted molar refractivity (Wildman–Crippen MR) is 48.5 cm³/mol. The van der Waals surface area contributed by atoms with E-state index in [0.29, 0.717) is 0 Å². The van der Waals surface area contributed by atoms with Gasteiger partial charge in [-0.25, -0.2) is 0 Å². The monoisotopic (exact) mass is 157 g/mol. The Morgan fingerprint density at radius 1 is 1.80 bits per heavy atom. The maximum absolute atomic E-state index is 3.68. The topological polar surface area (TPSA) is 12.0 Å². The highest BCUT2D eigenvalue weighted by Gasteiger charge is 2.22. The number of nitrogens with one attached hydrogen (secondary N) is 1. The lowest BCUT2D eigenvalue weighted by Crippen LogP contribution is -2.33. The fraction of sp³-hybridized carbons (Fsp3) is 0.750. The molecular formula is C8H15NS. The van der Waals surface area contributed by atoms with Crippen molar-refractivity contribution in [2.45, 2.75) is 24.6 Å². The Labute approximate surface area is 67.3 Å². The largest absolute Gasteiger partial charge is 0.309 e. The minimum Gasteiger partial charge on any atom is -0.309 e. The Balaban J connectivity index is 2.19. The maximum Gasteiger partial charge on any atom is 0.0194 e. The first-order valence-corrected chi connectivity index (χ1v) is 4.85. The van der Waals surface area contributed by atoms with Gasteiger partial charge in [0.2, 0.25) is 0 Å². The second kappa shape index (κ2) is 4.04. The normalized spacial score (nSPS) is 32.5. The molecule has 0 radical (unpaired) electrons. The molecule has 2 unspecified atom stereocenters. The molecule has 2 atom stereocenters. The van der Waals surface area contributed by atoms with Gasteiger partial charge in [0.1, 0.15) is 0 Å². The van der Waals surface area contributed by atoms with Gasteiger partial charge in [-0.15, -0.1) is 6.58 Å². The number of thioether (sulfide) groups is 1. The molecule has 0 aromatic heterocycles. The third-order valence-electron chi connectivity index (χ3n) is 1.90. The van der Waals surface area contributed by atoms with Gasteiger partial charge in [-0.1, -0.05) is 13.0 Å². The molecule has 0 aromatic carbocycles. The summed E-state index contributed by atoms with van der Waals surface area (Å²) >= 11 is 2.06. The van der Waals surface area contributed by atoms with Crippen molar-refractivity contribution in [2.24, 2.45) is 0 Å². The SMILES string of the molecule is C=CCNC1CCSC1C. The molecule has 1 nitrogen and oxygen atoms in total. The van der Waals surface area contributed by atoms with Gasteiger partial charge in [0.05, 0.1) is 0 Å². The van der Waals surface area contributed by atoms with Gasteiger partial charge in [-0.05, 0) is 12.2 Å². The van der Waals surface area contributed by atoms with Gasteiger partial charge < -0.3 is 5.32 Å². The summed E-state index contributed by atoms with van der Waals surface area (Å²) in [6.07, 6.45) is 3.25. The minimum absolute atomic E-state index is 0.725. The van der Waals surface area contributed by atoms with E-state index in [-0.39, 0.29) is 0 Å². The lowest BCUT2D eigenvalue weighted by molar-refractivity contribution is 0.543. The fourth-order valence-electron chi connectivity index (χ4n) is 1.23. The van der Waals surface area contributed by atoms with E-state index < -0.39 is 0 Å². The van der Waals surface area contributed by atoms with Gasteiger partial charge in [0.15, 0.2) is 0 Å². The van der Waals surface area contributed by atoms with Crippen molar-refractivity contribution >= 4 is 11.8 Å². The van der Waals surface area contributed by atoms with E-state index in [2.05, 4.69) is 30.6 Å². The van der Waals surface area contributed by atoms with E-state index in [1.54, 1.807) is 0 Å². The summed E-state index contributed by atoms with van der Waals surface area (Å²) in [6.45, 7) is 6.92. The third-order valence-corrected chi connectivity index (χ3v) is 3.23. The van der Waals surface area contributed by atoms with Crippen LogP contribution >= 0.6 is 11.8 Å². The van der Waals surface area contributed by atoms with Crippen LogP contribution in [0.5, 0.6) is 0 Å². The molecule has 1 fully saturated rings. The van der Waals surface area contributed by atoms with Crippen molar-refractivity contribution in [3.8, 4) is 0 Å². The minimum atomic E-state index is 0.725. The van der Waals surface area contributed by atoms with Crippen molar-refractivity contribution in [1.82, 2.24) is 5.32 Å². The summed E-state index contributed by atoms with van der Waals surface area (Å²) in [5, 5.41) is 4.23. The van der Waals surface area contributed by atoms with Crippen molar-refractivity contribution in [3.63, 3.8) is 0 Å². The fourth-order valence-corrected chi connectivity index (χ4v) is 2.46. The van der Waals surface area contributed by atoms with E-state index in [4.69, 9.17) is 0 Å². The van der Waals surface area contributed by atoms with Crippen LogP contribution in [0.2, 0.25) is 0 Å². The van der Waals surface area contributed by atoms with Crippen molar-refractivity contribution < 1.29 is 0 Å². The van der Waals surface area contributed by atoms with Crippen LogP contribution in [-0.4, -0.2) is 23.6 Å². The molecule has 58 valence electrons. The molecule has 1 N–H and O–H groups in total. The molecule has 1 saturated heterocycles. The Hall–Kier alpha value is 0.0500. The Kier molecular flexibility index (Phi) is 3.29. The van der Waals surface area contributed by atoms with Crippen molar-refractivity contribution in [2.75, 3.05) is 12.3 Å². The van der Waals surface area contributed by atoms with Gasteiger partial charge >= 0.3 is 0 Å². The number of hydrogen-bond acceptors (Lipinski definition) is 2. The summed E-state index contributed by atoms with van der Waals surface area (Å²) in [4.78, 5) is 0. The van der Waals surface area contributed by atoms with Crippen molar-refractivity contribution in [3.05, 3.63) is 12.7 Å². The smallest absolute Gasteiger partial charge is 0.0194 e.